The maximum atomic E-state index is 13.8. The number of hydrogen-bond acceptors (Lipinski definition) is 6. The van der Waals surface area contributed by atoms with Gasteiger partial charge in [0, 0.05) is 6.26 Å². The van der Waals surface area contributed by atoms with Crippen LogP contribution in [-0.2, 0) is 16.3 Å². The first-order valence-electron chi connectivity index (χ1n) is 7.61. The highest BCUT2D eigenvalue weighted by Gasteiger charge is 2.18. The number of amides is 1. The maximum Gasteiger partial charge on any atom is 0.322 e. The van der Waals surface area contributed by atoms with Gasteiger partial charge in [0.2, 0.25) is 5.89 Å². The topological polar surface area (TPSA) is 102 Å². The van der Waals surface area contributed by atoms with Crippen LogP contribution in [0.4, 0.5) is 10.4 Å². The van der Waals surface area contributed by atoms with E-state index in [1.54, 1.807) is 12.1 Å². The van der Waals surface area contributed by atoms with E-state index in [2.05, 4.69) is 15.5 Å². The van der Waals surface area contributed by atoms with Crippen LogP contribution in [-0.4, -0.2) is 30.8 Å². The van der Waals surface area contributed by atoms with E-state index in [0.29, 0.717) is 0 Å². The summed E-state index contributed by atoms with van der Waals surface area (Å²) in [6.45, 7) is 0. The van der Waals surface area contributed by atoms with E-state index < -0.39 is 21.6 Å². The number of halogens is 2. The van der Waals surface area contributed by atoms with Crippen LogP contribution in [0.2, 0.25) is 5.02 Å². The van der Waals surface area contributed by atoms with Gasteiger partial charge in [0.15, 0.2) is 9.84 Å². The molecule has 0 radical (unpaired) electrons. The Morgan fingerprint density at radius 1 is 1.19 bits per heavy atom. The molecule has 10 heteroatoms. The molecule has 0 atom stereocenters. The summed E-state index contributed by atoms with van der Waals surface area (Å²) >= 11 is 5.84. The minimum Gasteiger partial charge on any atom is -0.407 e. The van der Waals surface area contributed by atoms with Gasteiger partial charge in [-0.25, -0.2) is 12.8 Å². The number of rotatable bonds is 5. The first kappa shape index (κ1) is 19.0. The molecule has 0 saturated carbocycles. The summed E-state index contributed by atoms with van der Waals surface area (Å²) in [5.41, 5.74) is 0.413. The molecule has 3 rings (SSSR count). The van der Waals surface area contributed by atoms with Gasteiger partial charge in [0.05, 0.1) is 21.9 Å². The number of nitrogens with zero attached hydrogens (tertiary/aromatic N) is 2. The van der Waals surface area contributed by atoms with Gasteiger partial charge in [-0.1, -0.05) is 34.9 Å². The minimum absolute atomic E-state index is 0.0433. The van der Waals surface area contributed by atoms with Gasteiger partial charge in [-0.2, -0.15) is 0 Å². The molecule has 7 nitrogen and oxygen atoms in total. The average molecular weight is 410 g/mol. The Hall–Kier alpha value is -2.78. The molecule has 0 fully saturated rings. The van der Waals surface area contributed by atoms with Crippen molar-refractivity contribution in [2.45, 2.75) is 11.3 Å². The van der Waals surface area contributed by atoms with E-state index >= 15 is 0 Å². The van der Waals surface area contributed by atoms with Crippen LogP contribution in [0.3, 0.4) is 0 Å². The van der Waals surface area contributed by atoms with Crippen molar-refractivity contribution in [2.24, 2.45) is 0 Å². The summed E-state index contributed by atoms with van der Waals surface area (Å²) in [6, 6.07) is 9.87. The molecule has 0 spiro atoms. The fourth-order valence-electron chi connectivity index (χ4n) is 2.28. The second kappa shape index (κ2) is 7.45. The first-order valence-corrected chi connectivity index (χ1v) is 9.88. The van der Waals surface area contributed by atoms with Crippen LogP contribution in [0.15, 0.2) is 51.8 Å². The van der Waals surface area contributed by atoms with Crippen LogP contribution in [0.5, 0.6) is 0 Å². The van der Waals surface area contributed by atoms with E-state index in [0.717, 1.165) is 17.9 Å². The van der Waals surface area contributed by atoms with Crippen LogP contribution in [0.25, 0.3) is 0 Å². The lowest BCUT2D eigenvalue weighted by Crippen LogP contribution is -2.14. The van der Waals surface area contributed by atoms with Gasteiger partial charge in [0.25, 0.3) is 5.91 Å². The van der Waals surface area contributed by atoms with Gasteiger partial charge in [0.1, 0.15) is 5.82 Å². The number of benzene rings is 2. The first-order chi connectivity index (χ1) is 12.7. The predicted octanol–water partition coefficient (Wildman–Crippen LogP) is 3.11. The highest BCUT2D eigenvalue weighted by molar-refractivity contribution is 7.90. The Labute approximate surface area is 159 Å². The third-order valence-corrected chi connectivity index (χ3v) is 5.03. The molecule has 1 N–H and O–H groups in total. The number of carbonyl (C=O) groups excluding carboxylic acids is 1. The molecule has 3 aromatic rings. The molecule has 0 aliphatic rings. The molecule has 0 unspecified atom stereocenters. The molecule has 1 aromatic heterocycles. The predicted molar refractivity (Wildman–Crippen MR) is 96.0 cm³/mol. The van der Waals surface area contributed by atoms with Crippen molar-refractivity contribution in [3.63, 3.8) is 0 Å². The monoisotopic (exact) mass is 409 g/mol. The number of aromatic nitrogens is 2. The summed E-state index contributed by atoms with van der Waals surface area (Å²) in [5.74, 6) is -1.39. The highest BCUT2D eigenvalue weighted by Crippen LogP contribution is 2.21. The molecule has 1 amide bonds. The molecule has 0 saturated heterocycles. The van der Waals surface area contributed by atoms with Gasteiger partial charge >= 0.3 is 6.01 Å². The quantitative estimate of drug-likeness (QED) is 0.694. The Morgan fingerprint density at radius 3 is 2.52 bits per heavy atom. The summed E-state index contributed by atoms with van der Waals surface area (Å²) in [7, 11) is -3.28. The summed E-state index contributed by atoms with van der Waals surface area (Å²) in [4.78, 5) is 12.3. The number of anilines is 1. The average Bonchev–Trinajstić information content (AvgIpc) is 3.01. The standard InChI is InChI=1S/C17H13ClFN3O4S/c1-27(24,25)11-7-5-10(6-8-11)9-14-21-22-17(26-14)20-16(23)15-12(18)3-2-4-13(15)19/h2-8H,9H2,1H3,(H,20,22,23). The third kappa shape index (κ3) is 4.50. The minimum atomic E-state index is -3.28. The molecular weight excluding hydrogens is 397 g/mol. The van der Waals surface area contributed by atoms with Crippen molar-refractivity contribution in [3.8, 4) is 0 Å². The molecule has 0 aliphatic carbocycles. The molecule has 2 aromatic carbocycles. The fourth-order valence-corrected chi connectivity index (χ4v) is 3.16. The zero-order valence-corrected chi connectivity index (χ0v) is 15.5. The van der Waals surface area contributed by atoms with Gasteiger partial charge in [-0.15, -0.1) is 5.10 Å². The molecular formula is C17H13ClFN3O4S. The zero-order valence-electron chi connectivity index (χ0n) is 13.9. The third-order valence-electron chi connectivity index (χ3n) is 3.58. The second-order valence-corrected chi connectivity index (χ2v) is 8.07. The van der Waals surface area contributed by atoms with Crippen molar-refractivity contribution in [2.75, 3.05) is 11.6 Å². The van der Waals surface area contributed by atoms with E-state index in [1.165, 1.54) is 24.3 Å². The fraction of sp³-hybridized carbons (Fsp3) is 0.118. The Morgan fingerprint density at radius 2 is 1.89 bits per heavy atom. The van der Waals surface area contributed by atoms with Gasteiger partial charge in [-0.3, -0.25) is 10.1 Å². The largest absolute Gasteiger partial charge is 0.407 e. The van der Waals surface area contributed by atoms with Crippen LogP contribution >= 0.6 is 11.6 Å². The van der Waals surface area contributed by atoms with Crippen molar-refractivity contribution in [1.29, 1.82) is 0 Å². The van der Waals surface area contributed by atoms with Crippen molar-refractivity contribution in [1.82, 2.24) is 10.2 Å². The maximum absolute atomic E-state index is 13.8. The lowest BCUT2D eigenvalue weighted by atomic mass is 10.1. The zero-order chi connectivity index (χ0) is 19.6. The van der Waals surface area contributed by atoms with E-state index in [1.807, 2.05) is 0 Å². The number of carbonyl (C=O) groups is 1. The Kier molecular flexibility index (Phi) is 5.24. The molecule has 140 valence electrons. The normalized spacial score (nSPS) is 11.4. The summed E-state index contributed by atoms with van der Waals surface area (Å²) in [5, 5.41) is 9.73. The van der Waals surface area contributed by atoms with Crippen molar-refractivity contribution >= 4 is 33.4 Å². The van der Waals surface area contributed by atoms with E-state index in [9.17, 15) is 17.6 Å². The lowest BCUT2D eigenvalue weighted by molar-refractivity contribution is 0.102. The number of hydrogen-bond donors (Lipinski definition) is 1. The van der Waals surface area contributed by atoms with E-state index in [4.69, 9.17) is 16.0 Å². The number of sulfone groups is 1. The smallest absolute Gasteiger partial charge is 0.322 e. The second-order valence-electron chi connectivity index (χ2n) is 5.64. The van der Waals surface area contributed by atoms with Crippen molar-refractivity contribution < 1.29 is 22.0 Å². The summed E-state index contributed by atoms with van der Waals surface area (Å²) < 4.78 is 42.0. The summed E-state index contributed by atoms with van der Waals surface area (Å²) in [6.07, 6.45) is 1.35. The number of nitrogens with one attached hydrogen (secondary N) is 1. The van der Waals surface area contributed by atoms with Gasteiger partial charge in [-0.05, 0) is 29.8 Å². The lowest BCUT2D eigenvalue weighted by Gasteiger charge is -2.04. The Bertz CT molecular complexity index is 1080. The van der Waals surface area contributed by atoms with E-state index in [-0.39, 0.29) is 33.8 Å². The van der Waals surface area contributed by atoms with Crippen molar-refractivity contribution in [3.05, 3.63) is 70.3 Å². The molecule has 0 bridgehead atoms. The SMILES string of the molecule is CS(=O)(=O)c1ccc(Cc2nnc(NC(=O)c3c(F)cccc3Cl)o2)cc1. The molecule has 27 heavy (non-hydrogen) atoms. The van der Waals surface area contributed by atoms with Crippen LogP contribution in [0, 0.1) is 5.82 Å². The van der Waals surface area contributed by atoms with Gasteiger partial charge < -0.3 is 4.42 Å². The Balaban J connectivity index is 1.71. The molecule has 0 aliphatic heterocycles. The highest BCUT2D eigenvalue weighted by atomic mass is 35.5. The van der Waals surface area contributed by atoms with Crippen LogP contribution in [0.1, 0.15) is 21.8 Å². The van der Waals surface area contributed by atoms with Crippen LogP contribution < -0.4 is 5.32 Å². The molecule has 1 heterocycles.